The molecule has 0 saturated carbocycles. The summed E-state index contributed by atoms with van der Waals surface area (Å²) in [5.74, 6) is -3.01. The van der Waals surface area contributed by atoms with Crippen molar-refractivity contribution in [2.24, 2.45) is 0 Å². The third-order valence-corrected chi connectivity index (χ3v) is 5.90. The molecule has 1 atom stereocenters. The highest BCUT2D eigenvalue weighted by molar-refractivity contribution is 14.1. The Hall–Kier alpha value is -1.48. The van der Waals surface area contributed by atoms with Gasteiger partial charge in [0.25, 0.3) is 0 Å². The lowest BCUT2D eigenvalue weighted by molar-refractivity contribution is -0.162. The Balaban J connectivity index is 1.71. The minimum absolute atomic E-state index is 0.0238. The van der Waals surface area contributed by atoms with Crippen LogP contribution >= 0.6 is 22.6 Å². The van der Waals surface area contributed by atoms with Gasteiger partial charge in [-0.15, -0.1) is 0 Å². The molecule has 176 valence electrons. The predicted octanol–water partition coefficient (Wildman–Crippen LogP) is 2.70. The van der Waals surface area contributed by atoms with Gasteiger partial charge in [-0.3, -0.25) is 4.90 Å². The van der Waals surface area contributed by atoms with E-state index in [-0.39, 0.29) is 36.6 Å². The highest BCUT2D eigenvalue weighted by atomic mass is 127. The Morgan fingerprint density at radius 2 is 1.81 bits per heavy atom. The summed E-state index contributed by atoms with van der Waals surface area (Å²) in [5.41, 5.74) is -1.52. The molecule has 1 fully saturated rings. The van der Waals surface area contributed by atoms with Crippen molar-refractivity contribution < 1.29 is 32.9 Å². The number of anilines is 2. The minimum atomic E-state index is -1.34. The van der Waals surface area contributed by atoms with Gasteiger partial charge in [0, 0.05) is 49.5 Å². The Bertz CT molecular complexity index is 943. The Kier molecular flexibility index (Phi) is 8.36. The first-order chi connectivity index (χ1) is 15.2. The molecule has 32 heavy (non-hydrogen) atoms. The molecule has 0 radical (unpaired) electrons. The van der Waals surface area contributed by atoms with Gasteiger partial charge in [0.2, 0.25) is 0 Å². The number of ether oxygens (including phenoxy) is 2. The average molecular weight is 567 g/mol. The van der Waals surface area contributed by atoms with E-state index < -0.39 is 35.6 Å². The number of halogens is 4. The standard InChI is InChI=1S/C21H25F3IN3O4/c1-31-17(32-2)8-26-9-21(30)10-28(11-21)20(29)13-4-5-14(22)18(24)19(13)27-16-6-3-12(25)7-15(16)23/h3-7,17,20,26-27,29-30H,8-11H2,1-2H3. The number of β-amino-alcohol motifs (C(OH)–C–C–N with tert-alkyl or cyclic N) is 1. The van der Waals surface area contributed by atoms with Crippen LogP contribution in [0.15, 0.2) is 30.3 Å². The summed E-state index contributed by atoms with van der Waals surface area (Å²) in [6, 6.07) is 6.38. The molecule has 1 heterocycles. The van der Waals surface area contributed by atoms with E-state index >= 15 is 0 Å². The van der Waals surface area contributed by atoms with Gasteiger partial charge in [-0.25, -0.2) is 13.2 Å². The molecule has 1 aliphatic heterocycles. The lowest BCUT2D eigenvalue weighted by atomic mass is 9.92. The Morgan fingerprint density at radius 3 is 2.44 bits per heavy atom. The van der Waals surface area contributed by atoms with E-state index in [9.17, 15) is 23.4 Å². The van der Waals surface area contributed by atoms with Crippen molar-refractivity contribution in [3.8, 4) is 0 Å². The number of methoxy groups -OCH3 is 2. The fourth-order valence-corrected chi connectivity index (χ4v) is 3.96. The van der Waals surface area contributed by atoms with E-state index in [1.54, 1.807) is 6.07 Å². The number of likely N-dealkylation sites (tertiary alicyclic amines) is 1. The van der Waals surface area contributed by atoms with Crippen LogP contribution in [0.1, 0.15) is 11.8 Å². The number of aliphatic hydroxyl groups excluding tert-OH is 1. The van der Waals surface area contributed by atoms with Crippen molar-refractivity contribution in [1.82, 2.24) is 10.2 Å². The van der Waals surface area contributed by atoms with Crippen LogP contribution in [0.5, 0.6) is 0 Å². The molecule has 11 heteroatoms. The molecule has 2 aromatic rings. The average Bonchev–Trinajstić information content (AvgIpc) is 2.74. The van der Waals surface area contributed by atoms with Gasteiger partial charge in [0.05, 0.1) is 11.4 Å². The molecule has 1 unspecified atom stereocenters. The topological polar surface area (TPSA) is 86.2 Å². The van der Waals surface area contributed by atoms with Crippen molar-refractivity contribution in [3.05, 3.63) is 56.9 Å². The van der Waals surface area contributed by atoms with Gasteiger partial charge >= 0.3 is 0 Å². The van der Waals surface area contributed by atoms with Gasteiger partial charge in [-0.1, -0.05) is 0 Å². The van der Waals surface area contributed by atoms with E-state index in [1.165, 1.54) is 37.3 Å². The minimum Gasteiger partial charge on any atom is -0.386 e. The Labute approximate surface area is 197 Å². The zero-order valence-electron chi connectivity index (χ0n) is 17.5. The highest BCUT2D eigenvalue weighted by Crippen LogP contribution is 2.36. The van der Waals surface area contributed by atoms with E-state index in [2.05, 4.69) is 10.6 Å². The van der Waals surface area contributed by atoms with E-state index in [0.29, 0.717) is 10.1 Å². The fourth-order valence-electron chi connectivity index (χ4n) is 3.51. The first-order valence-electron chi connectivity index (χ1n) is 9.78. The van der Waals surface area contributed by atoms with E-state index in [1.807, 2.05) is 22.6 Å². The third kappa shape index (κ3) is 5.71. The van der Waals surface area contributed by atoms with Crippen molar-refractivity contribution in [2.75, 3.05) is 45.7 Å². The first kappa shape index (κ1) is 25.1. The van der Waals surface area contributed by atoms with Gasteiger partial charge in [-0.05, 0) is 52.9 Å². The first-order valence-corrected chi connectivity index (χ1v) is 10.9. The molecular weight excluding hydrogens is 542 g/mol. The monoisotopic (exact) mass is 567 g/mol. The van der Waals surface area contributed by atoms with Crippen molar-refractivity contribution in [3.63, 3.8) is 0 Å². The molecule has 1 saturated heterocycles. The fraction of sp³-hybridized carbons (Fsp3) is 0.429. The Morgan fingerprint density at radius 1 is 1.12 bits per heavy atom. The van der Waals surface area contributed by atoms with Gasteiger partial charge in [-0.2, -0.15) is 0 Å². The van der Waals surface area contributed by atoms with Crippen LogP contribution in [0, 0.1) is 21.0 Å². The van der Waals surface area contributed by atoms with Crippen molar-refractivity contribution >= 4 is 34.0 Å². The van der Waals surface area contributed by atoms with Crippen molar-refractivity contribution in [1.29, 1.82) is 0 Å². The number of nitrogens with one attached hydrogen (secondary N) is 2. The lowest BCUT2D eigenvalue weighted by Gasteiger charge is -2.49. The lowest BCUT2D eigenvalue weighted by Crippen LogP contribution is -2.66. The predicted molar refractivity (Wildman–Crippen MR) is 121 cm³/mol. The zero-order valence-corrected chi connectivity index (χ0v) is 19.7. The van der Waals surface area contributed by atoms with Crippen molar-refractivity contribution in [2.45, 2.75) is 18.1 Å². The summed E-state index contributed by atoms with van der Waals surface area (Å²) < 4.78 is 53.5. The molecule has 0 amide bonds. The maximum absolute atomic E-state index is 14.6. The second-order valence-corrected chi connectivity index (χ2v) is 8.86. The quantitative estimate of drug-likeness (QED) is 0.260. The molecular formula is C21H25F3IN3O4. The maximum atomic E-state index is 14.6. The number of aliphatic hydroxyl groups is 2. The molecule has 3 rings (SSSR count). The summed E-state index contributed by atoms with van der Waals surface area (Å²) in [6.45, 7) is 0.747. The second-order valence-electron chi connectivity index (χ2n) is 7.61. The molecule has 0 bridgehead atoms. The maximum Gasteiger partial charge on any atom is 0.182 e. The van der Waals surface area contributed by atoms with Crippen LogP contribution in [0.25, 0.3) is 0 Å². The number of nitrogens with zero attached hydrogens (tertiary/aromatic N) is 1. The largest absolute Gasteiger partial charge is 0.386 e. The second kappa shape index (κ2) is 10.6. The molecule has 0 aromatic heterocycles. The SMILES string of the molecule is COC(CNCC1(O)CN(C(O)c2ccc(F)c(F)c2Nc2ccc(I)cc2F)C1)OC. The summed E-state index contributed by atoms with van der Waals surface area (Å²) >= 11 is 1.93. The van der Waals surface area contributed by atoms with E-state index in [0.717, 1.165) is 6.07 Å². The zero-order chi connectivity index (χ0) is 23.5. The molecule has 7 nitrogen and oxygen atoms in total. The number of benzene rings is 2. The summed E-state index contributed by atoms with van der Waals surface area (Å²) in [4.78, 5) is 1.49. The van der Waals surface area contributed by atoms with Crippen LogP contribution in [0.3, 0.4) is 0 Å². The van der Waals surface area contributed by atoms with Gasteiger partial charge < -0.3 is 30.3 Å². The van der Waals surface area contributed by atoms with Crippen LogP contribution in [-0.2, 0) is 9.47 Å². The van der Waals surface area contributed by atoms with Gasteiger partial charge in [0.1, 0.15) is 17.6 Å². The molecule has 0 spiro atoms. The summed E-state index contributed by atoms with van der Waals surface area (Å²) in [6.07, 6.45) is -1.80. The smallest absolute Gasteiger partial charge is 0.182 e. The number of hydrogen-bond acceptors (Lipinski definition) is 7. The molecule has 4 N–H and O–H groups in total. The van der Waals surface area contributed by atoms with Gasteiger partial charge in [0.15, 0.2) is 17.9 Å². The number of hydrogen-bond donors (Lipinski definition) is 4. The van der Waals surface area contributed by atoms with Crippen LogP contribution in [0.4, 0.5) is 24.5 Å². The summed E-state index contributed by atoms with van der Waals surface area (Å²) in [5, 5.41) is 27.0. The highest BCUT2D eigenvalue weighted by Gasteiger charge is 2.44. The third-order valence-electron chi connectivity index (χ3n) is 5.23. The normalized spacial score (nSPS) is 16.8. The van der Waals surface area contributed by atoms with Crippen LogP contribution in [-0.4, -0.2) is 67.4 Å². The van der Waals surface area contributed by atoms with Crippen LogP contribution in [0.2, 0.25) is 0 Å². The summed E-state index contributed by atoms with van der Waals surface area (Å²) in [7, 11) is 3.00. The van der Waals surface area contributed by atoms with E-state index in [4.69, 9.17) is 9.47 Å². The molecule has 2 aromatic carbocycles. The number of rotatable bonds is 10. The van der Waals surface area contributed by atoms with Crippen LogP contribution < -0.4 is 10.6 Å². The molecule has 0 aliphatic carbocycles. The molecule has 1 aliphatic rings.